The highest BCUT2D eigenvalue weighted by Crippen LogP contribution is 2.16. The Morgan fingerprint density at radius 1 is 1.60 bits per heavy atom. The number of aliphatic hydroxyl groups excluding tert-OH is 1. The normalized spacial score (nSPS) is 34.0. The first-order valence-electron chi connectivity index (χ1n) is 3.52. The van der Waals surface area contributed by atoms with Gasteiger partial charge in [-0.25, -0.2) is 0 Å². The summed E-state index contributed by atoms with van der Waals surface area (Å²) in [6.07, 6.45) is 1.27. The molecule has 58 valence electrons. The summed E-state index contributed by atoms with van der Waals surface area (Å²) in [5.74, 6) is 0. The summed E-state index contributed by atoms with van der Waals surface area (Å²) in [5.41, 5.74) is 0. The van der Waals surface area contributed by atoms with Crippen molar-refractivity contribution in [2.75, 3.05) is 6.54 Å². The fourth-order valence-corrected chi connectivity index (χ4v) is 1.18. The van der Waals surface area contributed by atoms with Crippen LogP contribution in [0.3, 0.4) is 0 Å². The molecule has 2 unspecified atom stereocenters. The zero-order valence-electron chi connectivity index (χ0n) is 6.03. The van der Waals surface area contributed by atoms with Crippen LogP contribution in [0.25, 0.3) is 0 Å². The van der Waals surface area contributed by atoms with E-state index in [2.05, 4.69) is 5.29 Å². The molecule has 4 nitrogen and oxygen atoms in total. The van der Waals surface area contributed by atoms with Crippen molar-refractivity contribution in [3.8, 4) is 0 Å². The SMILES string of the molecule is CC1CCC(O)CN1N=O. The van der Waals surface area contributed by atoms with Gasteiger partial charge in [0.15, 0.2) is 0 Å². The van der Waals surface area contributed by atoms with Crippen LogP contribution in [0.15, 0.2) is 5.29 Å². The molecule has 0 aromatic rings. The second-order valence-electron chi connectivity index (χ2n) is 2.78. The second kappa shape index (κ2) is 2.96. The van der Waals surface area contributed by atoms with Gasteiger partial charge in [0.05, 0.1) is 17.9 Å². The molecule has 1 fully saturated rings. The first-order valence-corrected chi connectivity index (χ1v) is 3.52. The van der Waals surface area contributed by atoms with E-state index in [4.69, 9.17) is 5.11 Å². The van der Waals surface area contributed by atoms with Gasteiger partial charge in [-0.1, -0.05) is 0 Å². The lowest BCUT2D eigenvalue weighted by Gasteiger charge is -2.30. The molecular weight excluding hydrogens is 132 g/mol. The Labute approximate surface area is 59.8 Å². The maximum atomic E-state index is 10.1. The van der Waals surface area contributed by atoms with Gasteiger partial charge in [0.25, 0.3) is 0 Å². The number of aliphatic hydroxyl groups is 1. The largest absolute Gasteiger partial charge is 0.391 e. The van der Waals surface area contributed by atoms with Crippen LogP contribution in [0.5, 0.6) is 0 Å². The van der Waals surface area contributed by atoms with E-state index < -0.39 is 0 Å². The third-order valence-electron chi connectivity index (χ3n) is 1.93. The van der Waals surface area contributed by atoms with E-state index in [1.165, 1.54) is 5.01 Å². The highest BCUT2D eigenvalue weighted by Gasteiger charge is 2.23. The van der Waals surface area contributed by atoms with Crippen molar-refractivity contribution in [2.45, 2.75) is 31.9 Å². The maximum Gasteiger partial charge on any atom is 0.0734 e. The van der Waals surface area contributed by atoms with Crippen molar-refractivity contribution < 1.29 is 5.11 Å². The van der Waals surface area contributed by atoms with E-state index >= 15 is 0 Å². The molecule has 1 aliphatic rings. The molecule has 10 heavy (non-hydrogen) atoms. The van der Waals surface area contributed by atoms with Gasteiger partial charge >= 0.3 is 0 Å². The summed E-state index contributed by atoms with van der Waals surface area (Å²) in [6, 6.07) is 0.195. The molecule has 4 heteroatoms. The highest BCUT2D eigenvalue weighted by atomic mass is 16.3. The molecule has 0 saturated carbocycles. The lowest BCUT2D eigenvalue weighted by molar-refractivity contribution is 0.0417. The topological polar surface area (TPSA) is 52.9 Å². The van der Waals surface area contributed by atoms with Crippen LogP contribution < -0.4 is 0 Å². The van der Waals surface area contributed by atoms with Gasteiger partial charge in [-0.15, -0.1) is 4.91 Å². The maximum absolute atomic E-state index is 10.1. The zero-order valence-corrected chi connectivity index (χ0v) is 6.03. The van der Waals surface area contributed by atoms with E-state index in [-0.39, 0.29) is 12.1 Å². The first kappa shape index (κ1) is 7.47. The molecule has 0 amide bonds. The minimum atomic E-state index is -0.367. The van der Waals surface area contributed by atoms with Crippen LogP contribution in [0.1, 0.15) is 19.8 Å². The predicted molar refractivity (Wildman–Crippen MR) is 37.2 cm³/mol. The molecule has 0 bridgehead atoms. The number of rotatable bonds is 1. The lowest BCUT2D eigenvalue weighted by Crippen LogP contribution is -2.40. The van der Waals surface area contributed by atoms with E-state index in [0.29, 0.717) is 6.54 Å². The van der Waals surface area contributed by atoms with E-state index in [9.17, 15) is 4.91 Å². The Kier molecular flexibility index (Phi) is 2.21. The van der Waals surface area contributed by atoms with Crippen molar-refractivity contribution in [1.29, 1.82) is 0 Å². The van der Waals surface area contributed by atoms with E-state index in [1.807, 2.05) is 6.92 Å². The summed E-state index contributed by atoms with van der Waals surface area (Å²) < 4.78 is 0. The zero-order chi connectivity index (χ0) is 7.56. The van der Waals surface area contributed by atoms with Crippen LogP contribution in [-0.4, -0.2) is 28.8 Å². The van der Waals surface area contributed by atoms with Crippen molar-refractivity contribution in [2.24, 2.45) is 5.29 Å². The quantitative estimate of drug-likeness (QED) is 0.545. The molecule has 1 rings (SSSR count). The third kappa shape index (κ3) is 1.44. The van der Waals surface area contributed by atoms with Gasteiger partial charge in [-0.3, -0.25) is 5.01 Å². The van der Waals surface area contributed by atoms with Crippen LogP contribution in [-0.2, 0) is 0 Å². The summed E-state index contributed by atoms with van der Waals surface area (Å²) in [4.78, 5) is 10.1. The number of nitroso groups, excluding NO2 is 1. The summed E-state index contributed by atoms with van der Waals surface area (Å²) in [6.45, 7) is 2.33. The Bertz CT molecular complexity index is 129. The van der Waals surface area contributed by atoms with Crippen molar-refractivity contribution >= 4 is 0 Å². The summed E-state index contributed by atoms with van der Waals surface area (Å²) in [7, 11) is 0. The molecule has 1 N–H and O–H groups in total. The molecule has 0 aliphatic carbocycles. The molecule has 0 aromatic heterocycles. The lowest BCUT2D eigenvalue weighted by atomic mass is 10.0. The standard InChI is InChI=1S/C6H12N2O2/c1-5-2-3-6(9)4-8(5)7-10/h5-6,9H,2-4H2,1H3. The van der Waals surface area contributed by atoms with Crippen LogP contribution >= 0.6 is 0 Å². The molecular formula is C6H12N2O2. The average Bonchev–Trinajstić information content (AvgIpc) is 1.94. The van der Waals surface area contributed by atoms with Crippen molar-refractivity contribution in [3.05, 3.63) is 4.91 Å². The predicted octanol–water partition coefficient (Wildman–Crippen LogP) is 0.513. The fourth-order valence-electron chi connectivity index (χ4n) is 1.18. The van der Waals surface area contributed by atoms with Gasteiger partial charge in [0, 0.05) is 6.04 Å². The van der Waals surface area contributed by atoms with Gasteiger partial charge < -0.3 is 5.11 Å². The van der Waals surface area contributed by atoms with Gasteiger partial charge in [-0.05, 0) is 19.8 Å². The van der Waals surface area contributed by atoms with Crippen LogP contribution in [0.4, 0.5) is 0 Å². The van der Waals surface area contributed by atoms with Crippen LogP contribution in [0.2, 0.25) is 0 Å². The Morgan fingerprint density at radius 2 is 2.30 bits per heavy atom. The molecule has 0 radical (unpaired) electrons. The smallest absolute Gasteiger partial charge is 0.0734 e. The van der Waals surface area contributed by atoms with E-state index in [1.54, 1.807) is 0 Å². The van der Waals surface area contributed by atoms with Gasteiger partial charge in [0.2, 0.25) is 0 Å². The summed E-state index contributed by atoms with van der Waals surface area (Å²) in [5, 5.41) is 13.3. The summed E-state index contributed by atoms with van der Waals surface area (Å²) >= 11 is 0. The Hall–Kier alpha value is -0.640. The second-order valence-corrected chi connectivity index (χ2v) is 2.78. The van der Waals surface area contributed by atoms with Crippen molar-refractivity contribution in [1.82, 2.24) is 5.01 Å². The molecule has 1 saturated heterocycles. The van der Waals surface area contributed by atoms with Gasteiger partial charge in [0.1, 0.15) is 0 Å². The number of hydrogen-bond acceptors (Lipinski definition) is 3. The molecule has 2 atom stereocenters. The Morgan fingerprint density at radius 3 is 2.80 bits per heavy atom. The minimum Gasteiger partial charge on any atom is -0.391 e. The minimum absolute atomic E-state index is 0.195. The number of piperidine rings is 1. The average molecular weight is 144 g/mol. The molecule has 0 spiro atoms. The molecule has 0 aromatic carbocycles. The number of hydrogen-bond donors (Lipinski definition) is 1. The third-order valence-corrected chi connectivity index (χ3v) is 1.93. The fraction of sp³-hybridized carbons (Fsp3) is 1.00. The molecule has 1 heterocycles. The monoisotopic (exact) mass is 144 g/mol. The molecule has 1 aliphatic heterocycles. The van der Waals surface area contributed by atoms with Crippen LogP contribution in [0, 0.1) is 4.91 Å². The first-order chi connectivity index (χ1) is 4.74. The number of nitrogens with zero attached hydrogens (tertiary/aromatic N) is 2. The Balaban J connectivity index is 2.45. The number of β-amino-alcohol motifs (C(OH)–C–C–N with tert-alkyl or cyclic N) is 1. The van der Waals surface area contributed by atoms with Gasteiger partial charge in [-0.2, -0.15) is 0 Å². The van der Waals surface area contributed by atoms with Crippen molar-refractivity contribution in [3.63, 3.8) is 0 Å². The highest BCUT2D eigenvalue weighted by molar-refractivity contribution is 4.75. The van der Waals surface area contributed by atoms with E-state index in [0.717, 1.165) is 12.8 Å².